The van der Waals surface area contributed by atoms with Crippen LogP contribution in [0.4, 0.5) is 0 Å². The summed E-state index contributed by atoms with van der Waals surface area (Å²) in [5.41, 5.74) is 0. The first-order valence-electron chi connectivity index (χ1n) is 7.96. The quantitative estimate of drug-likeness (QED) is 0.834. The number of nitrogens with zero attached hydrogens (tertiary/aromatic N) is 2. The van der Waals surface area contributed by atoms with Crippen molar-refractivity contribution in [3.05, 3.63) is 0 Å². The first-order chi connectivity index (χ1) is 9.22. The van der Waals surface area contributed by atoms with Crippen LogP contribution in [0.25, 0.3) is 0 Å². The minimum atomic E-state index is 0.209. The van der Waals surface area contributed by atoms with Crippen LogP contribution in [0.1, 0.15) is 39.5 Å². The van der Waals surface area contributed by atoms with Crippen LogP contribution in [0.5, 0.6) is 0 Å². The fourth-order valence-corrected chi connectivity index (χ4v) is 3.37. The number of piperidine rings is 1. The van der Waals surface area contributed by atoms with Crippen molar-refractivity contribution >= 4 is 5.91 Å². The van der Waals surface area contributed by atoms with Crippen LogP contribution in [-0.4, -0.2) is 61.0 Å². The second kappa shape index (κ2) is 7.25. The van der Waals surface area contributed by atoms with Crippen molar-refractivity contribution in [2.45, 2.75) is 45.6 Å². The minimum absolute atomic E-state index is 0.209. The van der Waals surface area contributed by atoms with E-state index >= 15 is 0 Å². The first-order valence-corrected chi connectivity index (χ1v) is 7.96. The molecule has 4 heteroatoms. The van der Waals surface area contributed by atoms with Crippen molar-refractivity contribution in [1.82, 2.24) is 15.1 Å². The third-order valence-electron chi connectivity index (χ3n) is 4.59. The number of rotatable bonds is 4. The smallest absolute Gasteiger partial charge is 0.225 e. The highest BCUT2D eigenvalue weighted by Crippen LogP contribution is 2.19. The molecule has 1 atom stereocenters. The van der Waals surface area contributed by atoms with Crippen molar-refractivity contribution in [1.29, 1.82) is 0 Å². The molecule has 1 N–H and O–H groups in total. The van der Waals surface area contributed by atoms with E-state index in [4.69, 9.17) is 0 Å². The molecule has 0 aliphatic carbocycles. The van der Waals surface area contributed by atoms with Crippen molar-refractivity contribution < 1.29 is 4.79 Å². The van der Waals surface area contributed by atoms with Gasteiger partial charge in [-0.05, 0) is 19.3 Å². The van der Waals surface area contributed by atoms with Gasteiger partial charge in [-0.15, -0.1) is 0 Å². The zero-order valence-corrected chi connectivity index (χ0v) is 12.5. The monoisotopic (exact) mass is 267 g/mol. The van der Waals surface area contributed by atoms with E-state index in [1.165, 1.54) is 13.1 Å². The van der Waals surface area contributed by atoms with Crippen molar-refractivity contribution in [2.75, 3.05) is 39.3 Å². The van der Waals surface area contributed by atoms with E-state index in [2.05, 4.69) is 29.0 Å². The summed E-state index contributed by atoms with van der Waals surface area (Å²) in [5.74, 6) is 0.585. The van der Waals surface area contributed by atoms with Gasteiger partial charge >= 0.3 is 0 Å². The maximum atomic E-state index is 12.3. The molecule has 0 bridgehead atoms. The summed E-state index contributed by atoms with van der Waals surface area (Å²) in [6.07, 6.45) is 4.44. The molecule has 0 aromatic heterocycles. The second-order valence-corrected chi connectivity index (χ2v) is 6.03. The van der Waals surface area contributed by atoms with E-state index in [9.17, 15) is 4.79 Å². The topological polar surface area (TPSA) is 35.6 Å². The van der Waals surface area contributed by atoms with Crippen LogP contribution >= 0.6 is 0 Å². The van der Waals surface area contributed by atoms with E-state index in [0.717, 1.165) is 51.9 Å². The Hall–Kier alpha value is -0.610. The number of nitrogens with one attached hydrogen (secondary N) is 1. The number of hydrogen-bond donors (Lipinski definition) is 1. The number of piperazine rings is 1. The summed E-state index contributed by atoms with van der Waals surface area (Å²) in [7, 11) is 0. The zero-order chi connectivity index (χ0) is 13.7. The Kier molecular flexibility index (Phi) is 5.64. The average Bonchev–Trinajstić information content (AvgIpc) is 2.48. The Labute approximate surface area is 117 Å². The van der Waals surface area contributed by atoms with Gasteiger partial charge in [0.1, 0.15) is 0 Å². The van der Waals surface area contributed by atoms with Crippen molar-refractivity contribution in [3.63, 3.8) is 0 Å². The number of likely N-dealkylation sites (tertiary alicyclic amines) is 1. The molecule has 1 amide bonds. The van der Waals surface area contributed by atoms with Gasteiger partial charge in [0.2, 0.25) is 5.91 Å². The van der Waals surface area contributed by atoms with Gasteiger partial charge in [-0.2, -0.15) is 0 Å². The molecule has 0 radical (unpaired) electrons. The van der Waals surface area contributed by atoms with Gasteiger partial charge in [0.15, 0.2) is 0 Å². The van der Waals surface area contributed by atoms with E-state index in [0.29, 0.717) is 11.9 Å². The molecule has 4 nitrogen and oxygen atoms in total. The van der Waals surface area contributed by atoms with Gasteiger partial charge in [-0.25, -0.2) is 0 Å². The number of carbonyl (C=O) groups excluding carboxylic acids is 1. The molecule has 2 fully saturated rings. The SMILES string of the molecule is CCCC(C)C(=O)N1CCC(N2CCNCC2)CC1. The lowest BCUT2D eigenvalue weighted by atomic mass is 9.99. The van der Waals surface area contributed by atoms with E-state index < -0.39 is 0 Å². The van der Waals surface area contributed by atoms with Crippen LogP contribution in [-0.2, 0) is 4.79 Å². The molecule has 110 valence electrons. The Morgan fingerprint density at radius 1 is 1.21 bits per heavy atom. The molecule has 1 unspecified atom stereocenters. The summed E-state index contributed by atoms with van der Waals surface area (Å²) in [6.45, 7) is 10.7. The highest BCUT2D eigenvalue weighted by Gasteiger charge is 2.28. The van der Waals surface area contributed by atoms with Crippen LogP contribution in [0.15, 0.2) is 0 Å². The Balaban J connectivity index is 1.76. The predicted octanol–water partition coefficient (Wildman–Crippen LogP) is 1.32. The van der Waals surface area contributed by atoms with Crippen LogP contribution < -0.4 is 5.32 Å². The van der Waals surface area contributed by atoms with E-state index in [-0.39, 0.29) is 5.92 Å². The van der Waals surface area contributed by atoms with Crippen LogP contribution in [0.2, 0.25) is 0 Å². The van der Waals surface area contributed by atoms with Gasteiger partial charge < -0.3 is 10.2 Å². The zero-order valence-electron chi connectivity index (χ0n) is 12.5. The molecule has 2 saturated heterocycles. The highest BCUT2D eigenvalue weighted by atomic mass is 16.2. The molecule has 2 heterocycles. The van der Waals surface area contributed by atoms with Crippen molar-refractivity contribution in [2.24, 2.45) is 5.92 Å². The predicted molar refractivity (Wildman–Crippen MR) is 78.1 cm³/mol. The van der Waals surface area contributed by atoms with Gasteiger partial charge in [0.05, 0.1) is 0 Å². The molecule has 2 rings (SSSR count). The summed E-state index contributed by atoms with van der Waals surface area (Å²) in [4.78, 5) is 17.0. The molecule has 19 heavy (non-hydrogen) atoms. The van der Waals surface area contributed by atoms with Gasteiger partial charge in [0, 0.05) is 51.2 Å². The largest absolute Gasteiger partial charge is 0.342 e. The van der Waals surface area contributed by atoms with Gasteiger partial charge in [-0.1, -0.05) is 20.3 Å². The van der Waals surface area contributed by atoms with Gasteiger partial charge in [-0.3, -0.25) is 9.69 Å². The van der Waals surface area contributed by atoms with Gasteiger partial charge in [0.25, 0.3) is 0 Å². The Morgan fingerprint density at radius 2 is 1.84 bits per heavy atom. The molecule has 2 aliphatic rings. The summed E-state index contributed by atoms with van der Waals surface area (Å²) in [5, 5.41) is 3.40. The molecule has 0 aromatic carbocycles. The van der Waals surface area contributed by atoms with Crippen LogP contribution in [0.3, 0.4) is 0 Å². The normalized spacial score (nSPS) is 24.4. The fraction of sp³-hybridized carbons (Fsp3) is 0.933. The molecule has 0 spiro atoms. The lowest BCUT2D eigenvalue weighted by Gasteiger charge is -2.40. The standard InChI is InChI=1S/C15H29N3O/c1-3-4-13(2)15(19)18-9-5-14(6-10-18)17-11-7-16-8-12-17/h13-14,16H,3-12H2,1-2H3. The number of hydrogen-bond acceptors (Lipinski definition) is 3. The first kappa shape index (κ1) is 14.8. The lowest BCUT2D eigenvalue weighted by Crippen LogP contribution is -2.53. The number of amides is 1. The second-order valence-electron chi connectivity index (χ2n) is 6.03. The fourth-order valence-electron chi connectivity index (χ4n) is 3.37. The third-order valence-corrected chi connectivity index (χ3v) is 4.59. The van der Waals surface area contributed by atoms with Crippen LogP contribution in [0, 0.1) is 5.92 Å². The van der Waals surface area contributed by atoms with E-state index in [1.54, 1.807) is 0 Å². The molecule has 2 aliphatic heterocycles. The van der Waals surface area contributed by atoms with E-state index in [1.807, 2.05) is 0 Å². The summed E-state index contributed by atoms with van der Waals surface area (Å²) >= 11 is 0. The molecular weight excluding hydrogens is 238 g/mol. The summed E-state index contributed by atoms with van der Waals surface area (Å²) < 4.78 is 0. The molecule has 0 aromatic rings. The number of carbonyl (C=O) groups is 1. The maximum Gasteiger partial charge on any atom is 0.225 e. The third kappa shape index (κ3) is 3.93. The average molecular weight is 267 g/mol. The lowest BCUT2D eigenvalue weighted by molar-refractivity contribution is -0.136. The van der Waals surface area contributed by atoms with Crippen molar-refractivity contribution in [3.8, 4) is 0 Å². The molecular formula is C15H29N3O. The maximum absolute atomic E-state index is 12.3. The highest BCUT2D eigenvalue weighted by molar-refractivity contribution is 5.78. The Bertz CT molecular complexity index is 281. The Morgan fingerprint density at radius 3 is 2.42 bits per heavy atom. The minimum Gasteiger partial charge on any atom is -0.342 e. The summed E-state index contributed by atoms with van der Waals surface area (Å²) in [6, 6.07) is 0.702. The molecule has 0 saturated carbocycles.